The molecule has 0 saturated heterocycles. The quantitative estimate of drug-likeness (QED) is 0.259. The van der Waals surface area contributed by atoms with Crippen LogP contribution in [0.15, 0.2) is 0 Å². The molecule has 0 atom stereocenters. The minimum absolute atomic E-state index is 0. The number of nitrogens with two attached hydrogens (primary N) is 1. The number of carbonyl (C=O) groups is 1. The van der Waals surface area contributed by atoms with Crippen molar-refractivity contribution in [2.45, 2.75) is 13.3 Å². The average Bonchev–Trinajstić information content (AvgIpc) is 1.66. The van der Waals surface area contributed by atoms with E-state index in [1.54, 1.807) is 0 Å². The van der Waals surface area contributed by atoms with Gasteiger partial charge in [-0.15, -0.1) is 0 Å². The third-order valence-corrected chi connectivity index (χ3v) is 0.654. The van der Waals surface area contributed by atoms with Crippen LogP contribution in [-0.2, 0) is 9.53 Å². The standard InChI is InChI=1S/C5H11NO2.Na.H/c1-5(7)8-4-2-3-6;;/h2-4,6H2,1H3;;/q;+1;-1. The van der Waals surface area contributed by atoms with Gasteiger partial charge in [-0.05, 0) is 13.0 Å². The van der Waals surface area contributed by atoms with E-state index in [9.17, 15) is 4.79 Å². The van der Waals surface area contributed by atoms with Crippen LogP contribution in [0.1, 0.15) is 14.8 Å². The molecule has 0 spiro atoms. The van der Waals surface area contributed by atoms with Crippen LogP contribution in [0.3, 0.4) is 0 Å². The Morgan fingerprint density at radius 3 is 2.67 bits per heavy atom. The summed E-state index contributed by atoms with van der Waals surface area (Å²) in [7, 11) is 0. The van der Waals surface area contributed by atoms with Gasteiger partial charge in [-0.2, -0.15) is 0 Å². The van der Waals surface area contributed by atoms with E-state index in [-0.39, 0.29) is 37.0 Å². The van der Waals surface area contributed by atoms with Gasteiger partial charge in [-0.1, -0.05) is 0 Å². The number of hydrogen-bond donors (Lipinski definition) is 1. The molecule has 0 heterocycles. The van der Waals surface area contributed by atoms with Crippen molar-refractivity contribution in [3.05, 3.63) is 0 Å². The van der Waals surface area contributed by atoms with Crippen molar-refractivity contribution in [2.24, 2.45) is 5.73 Å². The molecule has 0 aromatic rings. The Morgan fingerprint density at radius 2 is 2.33 bits per heavy atom. The molecule has 0 rings (SSSR count). The Morgan fingerprint density at radius 1 is 1.78 bits per heavy atom. The van der Waals surface area contributed by atoms with Gasteiger partial charge in [-0.3, -0.25) is 4.79 Å². The minimum Gasteiger partial charge on any atom is -1.00 e. The molecule has 3 nitrogen and oxygen atoms in total. The van der Waals surface area contributed by atoms with Crippen molar-refractivity contribution < 1.29 is 40.5 Å². The van der Waals surface area contributed by atoms with E-state index < -0.39 is 0 Å². The van der Waals surface area contributed by atoms with Gasteiger partial charge in [0, 0.05) is 6.92 Å². The Kier molecular flexibility index (Phi) is 11.4. The van der Waals surface area contributed by atoms with E-state index in [0.29, 0.717) is 13.2 Å². The normalized spacial score (nSPS) is 7.78. The summed E-state index contributed by atoms with van der Waals surface area (Å²) < 4.78 is 4.56. The van der Waals surface area contributed by atoms with Crippen LogP contribution >= 0.6 is 0 Å². The van der Waals surface area contributed by atoms with E-state index in [2.05, 4.69) is 4.74 Å². The Labute approximate surface area is 78.7 Å². The molecule has 0 aromatic carbocycles. The second kappa shape index (κ2) is 8.43. The second-order valence-electron chi connectivity index (χ2n) is 1.48. The zero-order valence-electron chi connectivity index (χ0n) is 7.02. The maximum Gasteiger partial charge on any atom is 1.00 e. The predicted molar refractivity (Wildman–Crippen MR) is 31.4 cm³/mol. The molecule has 0 radical (unpaired) electrons. The van der Waals surface area contributed by atoms with Crippen LogP contribution in [-0.4, -0.2) is 19.1 Å². The molecular formula is C5H12NNaO2. The summed E-state index contributed by atoms with van der Waals surface area (Å²) in [6.45, 7) is 2.41. The molecule has 0 aliphatic rings. The van der Waals surface area contributed by atoms with Crippen molar-refractivity contribution in [3.8, 4) is 0 Å². The van der Waals surface area contributed by atoms with Crippen LogP contribution in [0.2, 0.25) is 0 Å². The van der Waals surface area contributed by atoms with Gasteiger partial charge in [-0.25, -0.2) is 0 Å². The van der Waals surface area contributed by atoms with Gasteiger partial charge in [0.2, 0.25) is 0 Å². The zero-order valence-corrected chi connectivity index (χ0v) is 8.02. The molecule has 0 fully saturated rings. The molecule has 0 unspecified atom stereocenters. The first-order chi connectivity index (χ1) is 3.77. The number of carbonyl (C=O) groups excluding carboxylic acids is 1. The van der Waals surface area contributed by atoms with Crippen molar-refractivity contribution in [1.82, 2.24) is 0 Å². The van der Waals surface area contributed by atoms with Gasteiger partial charge in [0.1, 0.15) is 0 Å². The Hall–Kier alpha value is 0.430. The van der Waals surface area contributed by atoms with Crippen LogP contribution in [0.25, 0.3) is 0 Å². The Bertz CT molecular complexity index is 82.0. The van der Waals surface area contributed by atoms with Crippen LogP contribution < -0.4 is 35.3 Å². The first kappa shape index (κ1) is 12.1. The predicted octanol–water partition coefficient (Wildman–Crippen LogP) is -2.99. The van der Waals surface area contributed by atoms with Gasteiger partial charge in [0.05, 0.1) is 6.61 Å². The molecule has 0 aliphatic carbocycles. The molecule has 0 aliphatic heterocycles. The van der Waals surface area contributed by atoms with Gasteiger partial charge < -0.3 is 11.9 Å². The van der Waals surface area contributed by atoms with Gasteiger partial charge >= 0.3 is 35.5 Å². The van der Waals surface area contributed by atoms with Crippen molar-refractivity contribution >= 4 is 5.97 Å². The van der Waals surface area contributed by atoms with E-state index in [4.69, 9.17) is 5.73 Å². The summed E-state index contributed by atoms with van der Waals surface area (Å²) in [5.41, 5.74) is 5.12. The molecule has 2 N–H and O–H groups in total. The van der Waals surface area contributed by atoms with Gasteiger partial charge in [0.25, 0.3) is 0 Å². The smallest absolute Gasteiger partial charge is 1.00 e. The maximum atomic E-state index is 10.1. The summed E-state index contributed by atoms with van der Waals surface area (Å²) in [4.78, 5) is 10.1. The van der Waals surface area contributed by atoms with Crippen LogP contribution in [0, 0.1) is 0 Å². The summed E-state index contributed by atoms with van der Waals surface area (Å²) in [5.74, 6) is -0.238. The largest absolute Gasteiger partial charge is 1.00 e. The number of esters is 1. The number of ether oxygens (including phenoxy) is 1. The number of rotatable bonds is 3. The van der Waals surface area contributed by atoms with E-state index in [1.807, 2.05) is 0 Å². The van der Waals surface area contributed by atoms with Gasteiger partial charge in [0.15, 0.2) is 0 Å². The molecule has 4 heteroatoms. The zero-order chi connectivity index (χ0) is 6.41. The topological polar surface area (TPSA) is 52.3 Å². The molecule has 0 aromatic heterocycles. The fourth-order valence-corrected chi connectivity index (χ4v) is 0.299. The SMILES string of the molecule is CC(=O)OCCCN.[H-].[Na+]. The third-order valence-electron chi connectivity index (χ3n) is 0.654. The molecular weight excluding hydrogens is 129 g/mol. The van der Waals surface area contributed by atoms with Crippen LogP contribution in [0.5, 0.6) is 0 Å². The number of hydrogen-bond acceptors (Lipinski definition) is 3. The third kappa shape index (κ3) is 11.8. The van der Waals surface area contributed by atoms with Crippen molar-refractivity contribution in [1.29, 1.82) is 0 Å². The first-order valence-electron chi connectivity index (χ1n) is 2.61. The second-order valence-corrected chi connectivity index (χ2v) is 1.48. The molecule has 50 valence electrons. The van der Waals surface area contributed by atoms with Crippen LogP contribution in [0.4, 0.5) is 0 Å². The fourth-order valence-electron chi connectivity index (χ4n) is 0.299. The van der Waals surface area contributed by atoms with E-state index in [1.165, 1.54) is 6.92 Å². The summed E-state index contributed by atoms with van der Waals surface area (Å²) in [6, 6.07) is 0. The van der Waals surface area contributed by atoms with E-state index in [0.717, 1.165) is 6.42 Å². The monoisotopic (exact) mass is 141 g/mol. The average molecular weight is 141 g/mol. The summed E-state index contributed by atoms with van der Waals surface area (Å²) in [6.07, 6.45) is 0.750. The van der Waals surface area contributed by atoms with E-state index >= 15 is 0 Å². The first-order valence-corrected chi connectivity index (χ1v) is 2.61. The summed E-state index contributed by atoms with van der Waals surface area (Å²) in [5, 5.41) is 0. The molecule has 0 saturated carbocycles. The Balaban J connectivity index is -0.000000245. The van der Waals surface area contributed by atoms with Crippen molar-refractivity contribution in [2.75, 3.05) is 13.2 Å². The minimum atomic E-state index is -0.238. The van der Waals surface area contributed by atoms with Crippen molar-refractivity contribution in [3.63, 3.8) is 0 Å². The molecule has 0 bridgehead atoms. The maximum absolute atomic E-state index is 10.1. The summed E-state index contributed by atoms with van der Waals surface area (Å²) >= 11 is 0. The fraction of sp³-hybridized carbons (Fsp3) is 0.800. The molecule has 9 heavy (non-hydrogen) atoms. The molecule has 0 amide bonds.